The van der Waals surface area contributed by atoms with Crippen LogP contribution in [0.3, 0.4) is 0 Å². The Labute approximate surface area is 102 Å². The zero-order valence-corrected chi connectivity index (χ0v) is 10.5. The molecule has 0 fully saturated rings. The molecule has 1 unspecified atom stereocenters. The van der Waals surface area contributed by atoms with Gasteiger partial charge in [-0.05, 0) is 18.4 Å². The summed E-state index contributed by atoms with van der Waals surface area (Å²) in [6.07, 6.45) is 2.90. The standard InChI is InChI=1S/C13H18O2S/c1-2-3-9-12(15-13(14)10-16)11-7-5-4-6-8-11/h4-8,12,16H,2-3,9-10H2,1H3. The molecule has 0 aliphatic rings. The molecular formula is C13H18O2S. The Kier molecular flexibility index (Phi) is 6.01. The van der Waals surface area contributed by atoms with E-state index in [1.807, 2.05) is 30.3 Å². The SMILES string of the molecule is CCCCC(OC(=O)CS)c1ccccc1. The lowest BCUT2D eigenvalue weighted by Gasteiger charge is -2.17. The summed E-state index contributed by atoms with van der Waals surface area (Å²) in [5.74, 6) is -0.122. The van der Waals surface area contributed by atoms with Gasteiger partial charge in [-0.3, -0.25) is 4.79 Å². The summed E-state index contributed by atoms with van der Waals surface area (Å²) in [7, 11) is 0. The van der Waals surface area contributed by atoms with Crippen LogP contribution in [0, 0.1) is 0 Å². The highest BCUT2D eigenvalue weighted by molar-refractivity contribution is 7.81. The van der Waals surface area contributed by atoms with Crippen LogP contribution in [0.5, 0.6) is 0 Å². The second-order valence-electron chi connectivity index (χ2n) is 3.69. The van der Waals surface area contributed by atoms with Gasteiger partial charge in [-0.15, -0.1) is 0 Å². The van der Waals surface area contributed by atoms with Crippen LogP contribution in [-0.2, 0) is 9.53 Å². The molecule has 0 N–H and O–H groups in total. The Hall–Kier alpha value is -0.960. The molecule has 0 bridgehead atoms. The first-order valence-electron chi connectivity index (χ1n) is 5.63. The number of benzene rings is 1. The van der Waals surface area contributed by atoms with E-state index >= 15 is 0 Å². The lowest BCUT2D eigenvalue weighted by molar-refractivity contribution is -0.146. The number of hydrogen-bond acceptors (Lipinski definition) is 3. The minimum Gasteiger partial charge on any atom is -0.457 e. The van der Waals surface area contributed by atoms with Crippen LogP contribution < -0.4 is 0 Å². The quantitative estimate of drug-likeness (QED) is 0.607. The van der Waals surface area contributed by atoms with Crippen molar-refractivity contribution in [2.24, 2.45) is 0 Å². The van der Waals surface area contributed by atoms with Crippen molar-refractivity contribution in [3.05, 3.63) is 35.9 Å². The molecule has 1 aromatic rings. The maximum absolute atomic E-state index is 11.3. The number of carbonyl (C=O) groups excluding carboxylic acids is 1. The predicted octanol–water partition coefficient (Wildman–Crippen LogP) is 3.39. The number of esters is 1. The third-order valence-electron chi connectivity index (χ3n) is 2.39. The molecule has 2 nitrogen and oxygen atoms in total. The van der Waals surface area contributed by atoms with E-state index in [-0.39, 0.29) is 17.8 Å². The highest BCUT2D eigenvalue weighted by Crippen LogP contribution is 2.23. The molecule has 0 radical (unpaired) electrons. The zero-order valence-electron chi connectivity index (χ0n) is 9.56. The van der Waals surface area contributed by atoms with Crippen molar-refractivity contribution in [3.8, 4) is 0 Å². The van der Waals surface area contributed by atoms with Gasteiger partial charge in [-0.1, -0.05) is 43.7 Å². The van der Waals surface area contributed by atoms with Crippen LogP contribution in [0.15, 0.2) is 30.3 Å². The normalized spacial score (nSPS) is 12.1. The van der Waals surface area contributed by atoms with Crippen molar-refractivity contribution in [2.75, 3.05) is 5.75 Å². The van der Waals surface area contributed by atoms with E-state index < -0.39 is 0 Å². The lowest BCUT2D eigenvalue weighted by atomic mass is 10.0. The van der Waals surface area contributed by atoms with Crippen molar-refractivity contribution in [3.63, 3.8) is 0 Å². The van der Waals surface area contributed by atoms with Crippen molar-refractivity contribution < 1.29 is 9.53 Å². The molecule has 0 spiro atoms. The van der Waals surface area contributed by atoms with Crippen molar-refractivity contribution >= 4 is 18.6 Å². The molecule has 0 aliphatic carbocycles. The average Bonchev–Trinajstić information content (AvgIpc) is 2.35. The molecule has 0 aliphatic heterocycles. The number of carbonyl (C=O) groups is 1. The van der Waals surface area contributed by atoms with Gasteiger partial charge >= 0.3 is 5.97 Å². The fourth-order valence-electron chi connectivity index (χ4n) is 1.55. The third kappa shape index (κ3) is 4.27. The van der Waals surface area contributed by atoms with Crippen LogP contribution in [0.4, 0.5) is 0 Å². The Morgan fingerprint density at radius 2 is 2.06 bits per heavy atom. The lowest BCUT2D eigenvalue weighted by Crippen LogP contribution is -2.12. The number of rotatable bonds is 6. The molecule has 16 heavy (non-hydrogen) atoms. The molecule has 3 heteroatoms. The summed E-state index contributed by atoms with van der Waals surface area (Å²) in [6.45, 7) is 2.13. The number of ether oxygens (including phenoxy) is 1. The number of thiol groups is 1. The minimum absolute atomic E-state index is 0.124. The molecule has 1 rings (SSSR count). The van der Waals surface area contributed by atoms with Gasteiger partial charge in [0.25, 0.3) is 0 Å². The van der Waals surface area contributed by atoms with E-state index in [1.54, 1.807) is 0 Å². The molecule has 0 heterocycles. The first-order chi connectivity index (χ1) is 7.77. The van der Waals surface area contributed by atoms with E-state index in [9.17, 15) is 4.79 Å². The van der Waals surface area contributed by atoms with Crippen LogP contribution in [0.1, 0.15) is 37.9 Å². The second-order valence-corrected chi connectivity index (χ2v) is 4.01. The maximum Gasteiger partial charge on any atom is 0.316 e. The largest absolute Gasteiger partial charge is 0.457 e. The second kappa shape index (κ2) is 7.34. The molecular weight excluding hydrogens is 220 g/mol. The average molecular weight is 238 g/mol. The topological polar surface area (TPSA) is 26.3 Å². The van der Waals surface area contributed by atoms with Crippen LogP contribution in [0.25, 0.3) is 0 Å². The number of unbranched alkanes of at least 4 members (excludes halogenated alkanes) is 1. The zero-order chi connectivity index (χ0) is 11.8. The smallest absolute Gasteiger partial charge is 0.316 e. The van der Waals surface area contributed by atoms with E-state index in [4.69, 9.17) is 4.74 Å². The first kappa shape index (κ1) is 13.1. The molecule has 0 amide bonds. The Bertz CT molecular complexity index is 311. The van der Waals surface area contributed by atoms with Crippen molar-refractivity contribution in [2.45, 2.75) is 32.3 Å². The molecule has 1 aromatic carbocycles. The van der Waals surface area contributed by atoms with Gasteiger partial charge < -0.3 is 4.74 Å². The van der Waals surface area contributed by atoms with Crippen LogP contribution in [0.2, 0.25) is 0 Å². The van der Waals surface area contributed by atoms with Gasteiger partial charge in [0.2, 0.25) is 0 Å². The minimum atomic E-state index is -0.256. The highest BCUT2D eigenvalue weighted by atomic mass is 32.1. The summed E-state index contributed by atoms with van der Waals surface area (Å²) in [5, 5.41) is 0. The Morgan fingerprint density at radius 3 is 2.62 bits per heavy atom. The first-order valence-corrected chi connectivity index (χ1v) is 6.26. The molecule has 1 atom stereocenters. The molecule has 0 saturated heterocycles. The van der Waals surface area contributed by atoms with Crippen molar-refractivity contribution in [1.29, 1.82) is 0 Å². The predicted molar refractivity (Wildman–Crippen MR) is 68.7 cm³/mol. The summed E-state index contributed by atoms with van der Waals surface area (Å²) >= 11 is 3.92. The fraction of sp³-hybridized carbons (Fsp3) is 0.462. The van der Waals surface area contributed by atoms with Crippen LogP contribution >= 0.6 is 12.6 Å². The third-order valence-corrected chi connectivity index (χ3v) is 2.65. The molecule has 88 valence electrons. The van der Waals surface area contributed by atoms with E-state index in [0.717, 1.165) is 24.8 Å². The summed E-state index contributed by atoms with van der Waals surface area (Å²) < 4.78 is 5.37. The Balaban J connectivity index is 2.67. The van der Waals surface area contributed by atoms with Gasteiger partial charge in [0.15, 0.2) is 0 Å². The monoisotopic (exact) mass is 238 g/mol. The number of hydrogen-bond donors (Lipinski definition) is 1. The van der Waals surface area contributed by atoms with Gasteiger partial charge in [0.1, 0.15) is 6.10 Å². The van der Waals surface area contributed by atoms with Crippen LogP contribution in [-0.4, -0.2) is 11.7 Å². The van der Waals surface area contributed by atoms with E-state index in [1.165, 1.54) is 0 Å². The van der Waals surface area contributed by atoms with E-state index in [0.29, 0.717) is 0 Å². The molecule has 0 aromatic heterocycles. The summed E-state index contributed by atoms with van der Waals surface area (Å²) in [6, 6.07) is 9.87. The fourth-order valence-corrected chi connectivity index (χ4v) is 1.62. The van der Waals surface area contributed by atoms with Gasteiger partial charge in [0.05, 0.1) is 5.75 Å². The summed E-state index contributed by atoms with van der Waals surface area (Å²) in [4.78, 5) is 11.3. The van der Waals surface area contributed by atoms with Crippen molar-refractivity contribution in [1.82, 2.24) is 0 Å². The van der Waals surface area contributed by atoms with Gasteiger partial charge in [-0.25, -0.2) is 0 Å². The van der Waals surface area contributed by atoms with E-state index in [2.05, 4.69) is 19.6 Å². The Morgan fingerprint density at radius 1 is 1.38 bits per heavy atom. The van der Waals surface area contributed by atoms with Gasteiger partial charge in [0, 0.05) is 0 Å². The summed E-state index contributed by atoms with van der Waals surface area (Å²) in [5.41, 5.74) is 1.06. The molecule has 0 saturated carbocycles. The van der Waals surface area contributed by atoms with Gasteiger partial charge in [-0.2, -0.15) is 12.6 Å². The maximum atomic E-state index is 11.3. The highest BCUT2D eigenvalue weighted by Gasteiger charge is 2.14.